The van der Waals surface area contributed by atoms with Crippen molar-refractivity contribution in [2.75, 3.05) is 19.6 Å². The summed E-state index contributed by atoms with van der Waals surface area (Å²) in [5, 5.41) is 3.11. The highest BCUT2D eigenvalue weighted by molar-refractivity contribution is 5.81. The molecule has 3 atom stereocenters. The largest absolute Gasteiger partial charge is 0.348 e. The van der Waals surface area contributed by atoms with Crippen molar-refractivity contribution in [3.63, 3.8) is 0 Å². The Morgan fingerprint density at radius 2 is 2.05 bits per heavy atom. The zero-order chi connectivity index (χ0) is 15.5. The third-order valence-electron chi connectivity index (χ3n) is 4.67. The molecule has 3 N–H and O–H groups in total. The zero-order valence-corrected chi connectivity index (χ0v) is 13.3. The molecule has 116 valence electrons. The van der Waals surface area contributed by atoms with Gasteiger partial charge < -0.3 is 11.1 Å². The molecule has 1 aromatic carbocycles. The smallest absolute Gasteiger partial charge is 0.237 e. The first-order chi connectivity index (χ1) is 9.95. The van der Waals surface area contributed by atoms with Gasteiger partial charge in [0.05, 0.1) is 12.1 Å². The van der Waals surface area contributed by atoms with E-state index in [0.29, 0.717) is 6.54 Å². The van der Waals surface area contributed by atoms with Crippen LogP contribution in [0.4, 0.5) is 0 Å². The number of likely N-dealkylation sites (tertiary alicyclic amines) is 1. The third-order valence-corrected chi connectivity index (χ3v) is 4.67. The van der Waals surface area contributed by atoms with Crippen molar-refractivity contribution in [2.45, 2.75) is 39.3 Å². The Balaban J connectivity index is 1.92. The minimum Gasteiger partial charge on any atom is -0.348 e. The van der Waals surface area contributed by atoms with Crippen molar-refractivity contribution >= 4 is 5.91 Å². The van der Waals surface area contributed by atoms with Gasteiger partial charge in [-0.3, -0.25) is 9.69 Å². The Hall–Kier alpha value is -1.39. The van der Waals surface area contributed by atoms with Crippen molar-refractivity contribution in [3.05, 3.63) is 35.9 Å². The van der Waals surface area contributed by atoms with E-state index in [1.807, 2.05) is 44.2 Å². The molecule has 1 aliphatic heterocycles. The van der Waals surface area contributed by atoms with E-state index in [4.69, 9.17) is 5.73 Å². The Kier molecular flexibility index (Phi) is 5.01. The van der Waals surface area contributed by atoms with Crippen LogP contribution < -0.4 is 11.1 Å². The molecule has 4 heteroatoms. The molecule has 1 aliphatic rings. The number of hydrogen-bond acceptors (Lipinski definition) is 3. The first-order valence-corrected chi connectivity index (χ1v) is 7.75. The van der Waals surface area contributed by atoms with E-state index in [9.17, 15) is 4.79 Å². The Morgan fingerprint density at radius 3 is 2.62 bits per heavy atom. The molecule has 21 heavy (non-hydrogen) atoms. The summed E-state index contributed by atoms with van der Waals surface area (Å²) in [4.78, 5) is 14.7. The number of nitrogens with zero attached hydrogens (tertiary/aromatic N) is 1. The van der Waals surface area contributed by atoms with Crippen LogP contribution in [-0.4, -0.2) is 36.5 Å². The number of nitrogens with one attached hydrogen (secondary N) is 1. The number of carbonyl (C=O) groups excluding carboxylic acids is 1. The summed E-state index contributed by atoms with van der Waals surface area (Å²) < 4.78 is 0. The predicted octanol–water partition coefficient (Wildman–Crippen LogP) is 1.92. The van der Waals surface area contributed by atoms with Gasteiger partial charge >= 0.3 is 0 Å². The first kappa shape index (κ1) is 16.0. The number of rotatable bonds is 5. The lowest BCUT2D eigenvalue weighted by Gasteiger charge is -2.27. The molecular formula is C17H27N3O. The quantitative estimate of drug-likeness (QED) is 0.870. The average Bonchev–Trinajstić information content (AvgIpc) is 2.90. The maximum Gasteiger partial charge on any atom is 0.237 e. The molecule has 0 aromatic heterocycles. The summed E-state index contributed by atoms with van der Waals surface area (Å²) in [6.07, 6.45) is 1.06. The van der Waals surface area contributed by atoms with Crippen molar-refractivity contribution in [2.24, 2.45) is 11.1 Å². The van der Waals surface area contributed by atoms with E-state index in [1.165, 1.54) is 0 Å². The van der Waals surface area contributed by atoms with E-state index in [1.54, 1.807) is 0 Å². The molecule has 0 spiro atoms. The SMILES string of the molecule is CC(NC(=O)C(C)N1CCC(C)(CN)C1)c1ccccc1. The number of carbonyl (C=O) groups is 1. The minimum absolute atomic E-state index is 0.0321. The predicted molar refractivity (Wildman–Crippen MR) is 85.8 cm³/mol. The van der Waals surface area contributed by atoms with E-state index < -0.39 is 0 Å². The highest BCUT2D eigenvalue weighted by Gasteiger charge is 2.36. The van der Waals surface area contributed by atoms with Crippen LogP contribution in [0.1, 0.15) is 38.8 Å². The van der Waals surface area contributed by atoms with Gasteiger partial charge in [0.25, 0.3) is 0 Å². The van der Waals surface area contributed by atoms with Gasteiger partial charge in [0.1, 0.15) is 0 Å². The average molecular weight is 289 g/mol. The molecule has 1 saturated heterocycles. The summed E-state index contributed by atoms with van der Waals surface area (Å²) in [5.41, 5.74) is 7.12. The monoisotopic (exact) mass is 289 g/mol. The third kappa shape index (κ3) is 3.83. The van der Waals surface area contributed by atoms with Crippen LogP contribution in [0.15, 0.2) is 30.3 Å². The standard InChI is InChI=1S/C17H27N3O/c1-13(15-7-5-4-6-8-15)19-16(21)14(2)20-10-9-17(3,11-18)12-20/h4-8,13-14H,9-12,18H2,1-3H3,(H,19,21). The lowest BCUT2D eigenvalue weighted by atomic mass is 9.90. The second kappa shape index (κ2) is 6.58. The normalized spacial score (nSPS) is 25.5. The second-order valence-electron chi connectivity index (χ2n) is 6.55. The van der Waals surface area contributed by atoms with Crippen LogP contribution in [0.25, 0.3) is 0 Å². The second-order valence-corrected chi connectivity index (χ2v) is 6.55. The van der Waals surface area contributed by atoms with E-state index in [-0.39, 0.29) is 23.4 Å². The van der Waals surface area contributed by atoms with Crippen LogP contribution in [0.5, 0.6) is 0 Å². The maximum atomic E-state index is 12.4. The van der Waals surface area contributed by atoms with Crippen LogP contribution >= 0.6 is 0 Å². The van der Waals surface area contributed by atoms with Gasteiger partial charge in [-0.2, -0.15) is 0 Å². The number of amides is 1. The summed E-state index contributed by atoms with van der Waals surface area (Å²) in [5.74, 6) is 0.0904. The number of hydrogen-bond donors (Lipinski definition) is 2. The van der Waals surface area contributed by atoms with E-state index >= 15 is 0 Å². The van der Waals surface area contributed by atoms with Crippen molar-refractivity contribution < 1.29 is 4.79 Å². The van der Waals surface area contributed by atoms with Gasteiger partial charge in [-0.05, 0) is 44.3 Å². The topological polar surface area (TPSA) is 58.4 Å². The van der Waals surface area contributed by atoms with Gasteiger partial charge in [-0.25, -0.2) is 0 Å². The van der Waals surface area contributed by atoms with Crippen LogP contribution in [0.2, 0.25) is 0 Å². The summed E-state index contributed by atoms with van der Waals surface area (Å²) >= 11 is 0. The van der Waals surface area contributed by atoms with E-state index in [2.05, 4.69) is 17.1 Å². The Morgan fingerprint density at radius 1 is 1.38 bits per heavy atom. The molecule has 3 unspecified atom stereocenters. The summed E-state index contributed by atoms with van der Waals surface area (Å²) in [6.45, 7) is 8.73. The highest BCUT2D eigenvalue weighted by Crippen LogP contribution is 2.29. The Labute approximate surface area is 127 Å². The fraction of sp³-hybridized carbons (Fsp3) is 0.588. The van der Waals surface area contributed by atoms with Crippen molar-refractivity contribution in [1.82, 2.24) is 10.2 Å². The molecule has 0 aliphatic carbocycles. The van der Waals surface area contributed by atoms with Crippen molar-refractivity contribution in [3.8, 4) is 0 Å². The molecule has 0 saturated carbocycles. The first-order valence-electron chi connectivity index (χ1n) is 7.75. The molecule has 0 radical (unpaired) electrons. The molecule has 1 fully saturated rings. The summed E-state index contributed by atoms with van der Waals surface area (Å²) in [6, 6.07) is 9.98. The highest BCUT2D eigenvalue weighted by atomic mass is 16.2. The molecule has 1 aromatic rings. The van der Waals surface area contributed by atoms with Gasteiger partial charge in [0.2, 0.25) is 5.91 Å². The summed E-state index contributed by atoms with van der Waals surface area (Å²) in [7, 11) is 0. The van der Waals surface area contributed by atoms with Crippen LogP contribution in [0, 0.1) is 5.41 Å². The maximum absolute atomic E-state index is 12.4. The molecule has 4 nitrogen and oxygen atoms in total. The zero-order valence-electron chi connectivity index (χ0n) is 13.3. The van der Waals surface area contributed by atoms with Crippen molar-refractivity contribution in [1.29, 1.82) is 0 Å². The van der Waals surface area contributed by atoms with Gasteiger partial charge in [0, 0.05) is 6.54 Å². The van der Waals surface area contributed by atoms with Gasteiger partial charge in [0.15, 0.2) is 0 Å². The fourth-order valence-corrected chi connectivity index (χ4v) is 2.88. The molecular weight excluding hydrogens is 262 g/mol. The minimum atomic E-state index is -0.107. The van der Waals surface area contributed by atoms with Gasteiger partial charge in [-0.15, -0.1) is 0 Å². The Bertz CT molecular complexity index is 476. The fourth-order valence-electron chi connectivity index (χ4n) is 2.88. The van der Waals surface area contributed by atoms with Crippen LogP contribution in [-0.2, 0) is 4.79 Å². The number of nitrogens with two attached hydrogens (primary N) is 1. The van der Waals surface area contributed by atoms with E-state index in [0.717, 1.165) is 25.1 Å². The lowest BCUT2D eigenvalue weighted by Crippen LogP contribution is -2.45. The molecule has 1 amide bonds. The van der Waals surface area contributed by atoms with Gasteiger partial charge in [-0.1, -0.05) is 37.3 Å². The molecule has 1 heterocycles. The molecule has 0 bridgehead atoms. The lowest BCUT2D eigenvalue weighted by molar-refractivity contribution is -0.126. The number of benzene rings is 1. The molecule has 2 rings (SSSR count). The van der Waals surface area contributed by atoms with Crippen LogP contribution in [0.3, 0.4) is 0 Å².